The van der Waals surface area contributed by atoms with Gasteiger partial charge in [0, 0.05) is 18.1 Å². The Morgan fingerprint density at radius 2 is 1.81 bits per heavy atom. The summed E-state index contributed by atoms with van der Waals surface area (Å²) < 4.78 is 26.8. The molecule has 0 atom stereocenters. The number of hydrogen-bond acceptors (Lipinski definition) is 5. The predicted octanol–water partition coefficient (Wildman–Crippen LogP) is 3.56. The van der Waals surface area contributed by atoms with Gasteiger partial charge in [-0.05, 0) is 6.07 Å². The zero-order valence-corrected chi connectivity index (χ0v) is 12.2. The van der Waals surface area contributed by atoms with E-state index >= 15 is 0 Å². The van der Waals surface area contributed by atoms with E-state index in [1.54, 1.807) is 0 Å². The second-order valence-corrected chi connectivity index (χ2v) is 5.07. The van der Waals surface area contributed by atoms with Crippen LogP contribution in [0.2, 0.25) is 5.02 Å². The van der Waals surface area contributed by atoms with Crippen molar-refractivity contribution in [1.82, 2.24) is 9.97 Å². The Kier molecular flexibility index (Phi) is 4.54. The monoisotopic (exact) mass is 313 g/mol. The van der Waals surface area contributed by atoms with Crippen molar-refractivity contribution in [2.24, 2.45) is 5.84 Å². The van der Waals surface area contributed by atoms with Gasteiger partial charge in [0.1, 0.15) is 23.3 Å². The first kappa shape index (κ1) is 15.4. The highest BCUT2D eigenvalue weighted by Crippen LogP contribution is 2.29. The smallest absolute Gasteiger partial charge is 0.151 e. The average Bonchev–Trinajstić information content (AvgIpc) is 2.42. The summed E-state index contributed by atoms with van der Waals surface area (Å²) in [5, 5.41) is 2.63. The van der Waals surface area contributed by atoms with Crippen LogP contribution in [0.4, 0.5) is 26.1 Å². The Bertz CT molecular complexity index is 640. The average molecular weight is 314 g/mol. The number of nitrogens with one attached hydrogen (secondary N) is 2. The Balaban J connectivity index is 2.42. The summed E-state index contributed by atoms with van der Waals surface area (Å²) in [4.78, 5) is 8.42. The van der Waals surface area contributed by atoms with Gasteiger partial charge in [0.05, 0.1) is 10.7 Å². The van der Waals surface area contributed by atoms with Crippen molar-refractivity contribution < 1.29 is 8.78 Å². The molecular weight excluding hydrogens is 300 g/mol. The fraction of sp³-hybridized carbons (Fsp3) is 0.231. The number of hydrogen-bond donors (Lipinski definition) is 3. The van der Waals surface area contributed by atoms with Gasteiger partial charge in [-0.3, -0.25) is 0 Å². The van der Waals surface area contributed by atoms with Gasteiger partial charge in [-0.2, -0.15) is 0 Å². The highest BCUT2D eigenvalue weighted by Gasteiger charge is 2.13. The Hall–Kier alpha value is -1.99. The molecule has 0 saturated carbocycles. The van der Waals surface area contributed by atoms with Crippen molar-refractivity contribution in [2.75, 3.05) is 10.7 Å². The molecule has 1 aromatic carbocycles. The third kappa shape index (κ3) is 3.56. The van der Waals surface area contributed by atoms with Crippen LogP contribution < -0.4 is 16.6 Å². The van der Waals surface area contributed by atoms with E-state index in [4.69, 9.17) is 17.4 Å². The lowest BCUT2D eigenvalue weighted by Crippen LogP contribution is -2.12. The van der Waals surface area contributed by atoms with Crippen LogP contribution in [0.3, 0.4) is 0 Å². The number of aromatic nitrogens is 2. The summed E-state index contributed by atoms with van der Waals surface area (Å²) in [5.41, 5.74) is 2.35. The van der Waals surface area contributed by atoms with Crippen molar-refractivity contribution in [3.05, 3.63) is 40.7 Å². The molecule has 2 aromatic rings. The molecule has 0 radical (unpaired) electrons. The molecule has 0 unspecified atom stereocenters. The second kappa shape index (κ2) is 6.19. The minimum Gasteiger partial charge on any atom is -0.336 e. The maximum absolute atomic E-state index is 13.8. The summed E-state index contributed by atoms with van der Waals surface area (Å²) in [6.07, 6.45) is 0. The molecule has 21 heavy (non-hydrogen) atoms. The molecule has 0 fully saturated rings. The first-order chi connectivity index (χ1) is 9.90. The number of nitrogens with zero attached hydrogens (tertiary/aromatic N) is 2. The zero-order chi connectivity index (χ0) is 15.6. The highest BCUT2D eigenvalue weighted by molar-refractivity contribution is 6.33. The zero-order valence-electron chi connectivity index (χ0n) is 11.4. The van der Waals surface area contributed by atoms with Gasteiger partial charge >= 0.3 is 0 Å². The fourth-order valence-electron chi connectivity index (χ4n) is 1.65. The number of nitrogens with two attached hydrogens (primary N) is 1. The van der Waals surface area contributed by atoms with E-state index in [2.05, 4.69) is 20.7 Å². The molecule has 4 N–H and O–H groups in total. The fourth-order valence-corrected chi connectivity index (χ4v) is 1.89. The molecule has 2 rings (SSSR count). The number of anilines is 3. The van der Waals surface area contributed by atoms with Crippen LogP contribution in [-0.2, 0) is 0 Å². The van der Waals surface area contributed by atoms with Crippen molar-refractivity contribution in [1.29, 1.82) is 0 Å². The van der Waals surface area contributed by atoms with Crippen LogP contribution in [0.1, 0.15) is 25.6 Å². The van der Waals surface area contributed by atoms with E-state index in [-0.39, 0.29) is 16.6 Å². The molecular formula is C13H14ClF2N5. The molecule has 0 amide bonds. The number of hydrazine groups is 1. The molecule has 8 heteroatoms. The third-order valence-corrected chi connectivity index (χ3v) is 2.97. The van der Waals surface area contributed by atoms with Gasteiger partial charge in [0.15, 0.2) is 5.82 Å². The van der Waals surface area contributed by atoms with E-state index in [1.165, 1.54) is 6.07 Å². The van der Waals surface area contributed by atoms with Crippen molar-refractivity contribution in [3.8, 4) is 0 Å². The number of rotatable bonds is 4. The lowest BCUT2D eigenvalue weighted by Gasteiger charge is -2.13. The minimum atomic E-state index is -0.813. The summed E-state index contributed by atoms with van der Waals surface area (Å²) in [5.74, 6) is 5.02. The van der Waals surface area contributed by atoms with Gasteiger partial charge in [-0.1, -0.05) is 25.4 Å². The van der Waals surface area contributed by atoms with Gasteiger partial charge in [0.25, 0.3) is 0 Å². The number of benzene rings is 1. The van der Waals surface area contributed by atoms with Gasteiger partial charge in [-0.15, -0.1) is 0 Å². The lowest BCUT2D eigenvalue weighted by atomic mass is 10.2. The van der Waals surface area contributed by atoms with Crippen LogP contribution in [0, 0.1) is 11.6 Å². The summed E-state index contributed by atoms with van der Waals surface area (Å²) in [6, 6.07) is 3.24. The third-order valence-electron chi connectivity index (χ3n) is 2.67. The first-order valence-corrected chi connectivity index (χ1v) is 6.55. The molecule has 0 spiro atoms. The first-order valence-electron chi connectivity index (χ1n) is 6.18. The molecule has 0 aliphatic carbocycles. The van der Waals surface area contributed by atoms with Crippen LogP contribution in [0.25, 0.3) is 0 Å². The lowest BCUT2D eigenvalue weighted by molar-refractivity contribution is 0.586. The van der Waals surface area contributed by atoms with Gasteiger partial charge < -0.3 is 10.7 Å². The SMILES string of the molecule is CC(C)c1nc(NN)cc(Nc2c(F)cc(F)cc2Cl)n1. The Morgan fingerprint density at radius 1 is 1.14 bits per heavy atom. The van der Waals surface area contributed by atoms with Crippen LogP contribution >= 0.6 is 11.6 Å². The van der Waals surface area contributed by atoms with Crippen LogP contribution in [0.15, 0.2) is 18.2 Å². The van der Waals surface area contributed by atoms with E-state index in [0.717, 1.165) is 12.1 Å². The quantitative estimate of drug-likeness (QED) is 0.594. The van der Waals surface area contributed by atoms with E-state index < -0.39 is 11.6 Å². The minimum absolute atomic E-state index is 0.0485. The predicted molar refractivity (Wildman–Crippen MR) is 78.6 cm³/mol. The number of nitrogen functional groups attached to an aromatic ring is 1. The molecule has 0 saturated heterocycles. The van der Waals surface area contributed by atoms with Crippen molar-refractivity contribution in [2.45, 2.75) is 19.8 Å². The summed E-state index contributed by atoms with van der Waals surface area (Å²) >= 11 is 5.83. The summed E-state index contributed by atoms with van der Waals surface area (Å²) in [7, 11) is 0. The maximum Gasteiger partial charge on any atom is 0.151 e. The molecule has 0 bridgehead atoms. The highest BCUT2D eigenvalue weighted by atomic mass is 35.5. The largest absolute Gasteiger partial charge is 0.336 e. The van der Waals surface area contributed by atoms with Crippen LogP contribution in [-0.4, -0.2) is 9.97 Å². The summed E-state index contributed by atoms with van der Waals surface area (Å²) in [6.45, 7) is 3.82. The van der Waals surface area contributed by atoms with Gasteiger partial charge in [-0.25, -0.2) is 24.6 Å². The maximum atomic E-state index is 13.8. The molecule has 0 aliphatic heterocycles. The second-order valence-electron chi connectivity index (χ2n) is 4.67. The van der Waals surface area contributed by atoms with E-state index in [9.17, 15) is 8.78 Å². The van der Waals surface area contributed by atoms with E-state index in [0.29, 0.717) is 17.5 Å². The Morgan fingerprint density at radius 3 is 2.38 bits per heavy atom. The van der Waals surface area contributed by atoms with Crippen LogP contribution in [0.5, 0.6) is 0 Å². The Labute approximate surface area is 125 Å². The molecule has 5 nitrogen and oxygen atoms in total. The molecule has 1 heterocycles. The number of halogens is 3. The van der Waals surface area contributed by atoms with Crippen molar-refractivity contribution in [3.63, 3.8) is 0 Å². The molecule has 0 aliphatic rings. The molecule has 112 valence electrons. The van der Waals surface area contributed by atoms with E-state index in [1.807, 2.05) is 13.8 Å². The van der Waals surface area contributed by atoms with Crippen molar-refractivity contribution >= 4 is 28.9 Å². The molecule has 1 aromatic heterocycles. The topological polar surface area (TPSA) is 75.9 Å². The standard InChI is InChI=1S/C13H14ClF2N5/c1-6(2)13-19-10(5-11(20-13)21-17)18-12-8(14)3-7(15)4-9(12)16/h3-6H,17H2,1-2H3,(H2,18,19,20,21). The van der Waals surface area contributed by atoms with Gasteiger partial charge in [0.2, 0.25) is 0 Å². The normalized spacial score (nSPS) is 10.8.